The van der Waals surface area contributed by atoms with Gasteiger partial charge in [0.05, 0.1) is 18.0 Å². The van der Waals surface area contributed by atoms with Crippen LogP contribution >= 0.6 is 0 Å². The summed E-state index contributed by atoms with van der Waals surface area (Å²) in [4.78, 5) is 4.15. The lowest BCUT2D eigenvalue weighted by atomic mass is 10.1. The molecule has 0 radical (unpaired) electrons. The average molecular weight is 257 g/mol. The first-order chi connectivity index (χ1) is 9.13. The van der Waals surface area contributed by atoms with E-state index in [1.54, 1.807) is 13.8 Å². The van der Waals surface area contributed by atoms with Gasteiger partial charge >= 0.3 is 0 Å². The van der Waals surface area contributed by atoms with E-state index in [-0.39, 0.29) is 12.4 Å². The molecule has 98 valence electrons. The first-order valence-corrected chi connectivity index (χ1v) is 5.90. The summed E-state index contributed by atoms with van der Waals surface area (Å²) in [7, 11) is 0. The second-order valence-electron chi connectivity index (χ2n) is 4.17. The van der Waals surface area contributed by atoms with Crippen molar-refractivity contribution >= 4 is 11.5 Å². The maximum absolute atomic E-state index is 9.78. The number of pyridine rings is 1. The highest BCUT2D eigenvalue weighted by Crippen LogP contribution is 2.30. The van der Waals surface area contributed by atoms with E-state index >= 15 is 0 Å². The maximum atomic E-state index is 9.78. The Morgan fingerprint density at radius 3 is 2.42 bits per heavy atom. The number of hydrogen-bond acceptors (Lipinski definition) is 5. The van der Waals surface area contributed by atoms with Crippen LogP contribution in [0.2, 0.25) is 0 Å². The van der Waals surface area contributed by atoms with Crippen LogP contribution in [-0.4, -0.2) is 15.2 Å². The van der Waals surface area contributed by atoms with Crippen molar-refractivity contribution in [2.24, 2.45) is 10.2 Å². The zero-order chi connectivity index (χ0) is 13.8. The first-order valence-electron chi connectivity index (χ1n) is 5.90. The van der Waals surface area contributed by atoms with E-state index in [1.165, 1.54) is 0 Å². The number of nitrogens with zero attached hydrogens (tertiary/aromatic N) is 3. The molecule has 1 aromatic heterocycles. The van der Waals surface area contributed by atoms with Gasteiger partial charge in [-0.3, -0.25) is 0 Å². The third-order valence-corrected chi connectivity index (χ3v) is 2.87. The highest BCUT2D eigenvalue weighted by molar-refractivity contribution is 5.51. The number of aromatic hydroxyl groups is 1. The van der Waals surface area contributed by atoms with Gasteiger partial charge in [0.15, 0.2) is 5.82 Å². The number of aliphatic hydroxyl groups is 1. The van der Waals surface area contributed by atoms with Gasteiger partial charge in [-0.15, -0.1) is 10.2 Å². The van der Waals surface area contributed by atoms with E-state index in [2.05, 4.69) is 15.2 Å². The average Bonchev–Trinajstić information content (AvgIpc) is 2.44. The minimum atomic E-state index is -0.240. The molecule has 2 N–H and O–H groups in total. The lowest BCUT2D eigenvalue weighted by Crippen LogP contribution is -1.95. The summed E-state index contributed by atoms with van der Waals surface area (Å²) in [5.41, 5.74) is 2.24. The van der Waals surface area contributed by atoms with Crippen LogP contribution in [0.5, 0.6) is 5.75 Å². The molecule has 0 unspecified atom stereocenters. The van der Waals surface area contributed by atoms with E-state index in [1.807, 2.05) is 30.3 Å². The number of benzene rings is 1. The van der Waals surface area contributed by atoms with E-state index < -0.39 is 0 Å². The molecule has 2 aromatic rings. The maximum Gasteiger partial charge on any atom is 0.180 e. The van der Waals surface area contributed by atoms with Crippen molar-refractivity contribution in [1.29, 1.82) is 0 Å². The van der Waals surface area contributed by atoms with Crippen molar-refractivity contribution in [2.45, 2.75) is 20.5 Å². The molecule has 5 heteroatoms. The molecule has 0 aliphatic carbocycles. The molecule has 1 heterocycles. The normalized spacial score (nSPS) is 11.1. The third-order valence-electron chi connectivity index (χ3n) is 2.87. The molecule has 5 nitrogen and oxygen atoms in total. The van der Waals surface area contributed by atoms with E-state index in [0.717, 1.165) is 0 Å². The lowest BCUT2D eigenvalue weighted by molar-refractivity contribution is 0.280. The SMILES string of the molecule is Cc1nc(N=Nc2ccccc2)c(CO)c(C)c1O. The standard InChI is InChI=1S/C14H15N3O2/c1-9-12(8-18)14(15-10(2)13(9)19)17-16-11-6-4-3-5-7-11/h3-7,18-19H,8H2,1-2H3. The van der Waals surface area contributed by atoms with Gasteiger partial charge in [0, 0.05) is 11.1 Å². The minimum Gasteiger partial charge on any atom is -0.506 e. The van der Waals surface area contributed by atoms with Crippen molar-refractivity contribution in [3.05, 3.63) is 47.2 Å². The number of aromatic nitrogens is 1. The van der Waals surface area contributed by atoms with Crippen molar-refractivity contribution < 1.29 is 10.2 Å². The largest absolute Gasteiger partial charge is 0.506 e. The summed E-state index contributed by atoms with van der Waals surface area (Å²) < 4.78 is 0. The second-order valence-corrected chi connectivity index (χ2v) is 4.17. The van der Waals surface area contributed by atoms with Crippen LogP contribution in [-0.2, 0) is 6.61 Å². The Morgan fingerprint density at radius 2 is 1.79 bits per heavy atom. The molecule has 0 amide bonds. The number of rotatable bonds is 3. The Balaban J connectivity index is 2.43. The zero-order valence-electron chi connectivity index (χ0n) is 10.8. The molecule has 0 aliphatic heterocycles. The van der Waals surface area contributed by atoms with Crippen LogP contribution in [0.1, 0.15) is 16.8 Å². The van der Waals surface area contributed by atoms with Crippen molar-refractivity contribution in [1.82, 2.24) is 4.98 Å². The Labute approximate surface area is 111 Å². The molecule has 0 saturated heterocycles. The van der Waals surface area contributed by atoms with Gasteiger partial charge in [-0.2, -0.15) is 0 Å². The van der Waals surface area contributed by atoms with Gasteiger partial charge in [0.1, 0.15) is 5.75 Å². The molecule has 0 bridgehead atoms. The van der Waals surface area contributed by atoms with Gasteiger partial charge in [0.25, 0.3) is 0 Å². The molecule has 19 heavy (non-hydrogen) atoms. The summed E-state index contributed by atoms with van der Waals surface area (Å²) in [6.07, 6.45) is 0. The summed E-state index contributed by atoms with van der Waals surface area (Å²) in [5.74, 6) is 0.418. The van der Waals surface area contributed by atoms with E-state index in [9.17, 15) is 10.2 Å². The molecule has 0 spiro atoms. The van der Waals surface area contributed by atoms with Gasteiger partial charge in [-0.25, -0.2) is 4.98 Å². The fourth-order valence-electron chi connectivity index (χ4n) is 1.73. The van der Waals surface area contributed by atoms with Crippen LogP contribution in [0.15, 0.2) is 40.6 Å². The Morgan fingerprint density at radius 1 is 1.11 bits per heavy atom. The third kappa shape index (κ3) is 2.77. The predicted molar refractivity (Wildman–Crippen MR) is 71.9 cm³/mol. The highest BCUT2D eigenvalue weighted by Gasteiger charge is 2.13. The Bertz CT molecular complexity index is 610. The first kappa shape index (κ1) is 13.2. The Kier molecular flexibility index (Phi) is 3.87. The summed E-state index contributed by atoms with van der Waals surface area (Å²) >= 11 is 0. The van der Waals surface area contributed by atoms with Crippen LogP contribution in [0, 0.1) is 13.8 Å². The molecule has 0 saturated carbocycles. The molecule has 0 aliphatic rings. The van der Waals surface area contributed by atoms with Gasteiger partial charge in [-0.1, -0.05) is 18.2 Å². The lowest BCUT2D eigenvalue weighted by Gasteiger charge is -2.09. The van der Waals surface area contributed by atoms with E-state index in [0.29, 0.717) is 28.3 Å². The molecule has 2 rings (SSSR count). The topological polar surface area (TPSA) is 78.1 Å². The van der Waals surface area contributed by atoms with Crippen LogP contribution in [0.4, 0.5) is 11.5 Å². The number of hydrogen-bond donors (Lipinski definition) is 2. The molecule has 0 fully saturated rings. The summed E-state index contributed by atoms with van der Waals surface area (Å²) in [6, 6.07) is 9.26. The molecular weight excluding hydrogens is 242 g/mol. The van der Waals surface area contributed by atoms with Crippen molar-refractivity contribution in [3.8, 4) is 5.75 Å². The predicted octanol–water partition coefficient (Wildman–Crippen LogP) is 3.31. The quantitative estimate of drug-likeness (QED) is 0.828. The summed E-state index contributed by atoms with van der Waals surface area (Å²) in [6.45, 7) is 3.16. The fraction of sp³-hybridized carbons (Fsp3) is 0.214. The monoisotopic (exact) mass is 257 g/mol. The smallest absolute Gasteiger partial charge is 0.180 e. The fourth-order valence-corrected chi connectivity index (χ4v) is 1.73. The van der Waals surface area contributed by atoms with Crippen molar-refractivity contribution in [3.63, 3.8) is 0 Å². The number of aliphatic hydroxyl groups excluding tert-OH is 1. The van der Waals surface area contributed by atoms with Crippen LogP contribution in [0.3, 0.4) is 0 Å². The molecular formula is C14H15N3O2. The number of aryl methyl sites for hydroxylation is 1. The zero-order valence-corrected chi connectivity index (χ0v) is 10.8. The van der Waals surface area contributed by atoms with E-state index in [4.69, 9.17) is 0 Å². The van der Waals surface area contributed by atoms with Gasteiger partial charge in [-0.05, 0) is 26.0 Å². The highest BCUT2D eigenvalue weighted by atomic mass is 16.3. The van der Waals surface area contributed by atoms with Gasteiger partial charge in [0.2, 0.25) is 0 Å². The number of azo groups is 1. The molecule has 0 atom stereocenters. The van der Waals surface area contributed by atoms with Crippen molar-refractivity contribution in [2.75, 3.05) is 0 Å². The molecule has 1 aromatic carbocycles. The van der Waals surface area contributed by atoms with Crippen LogP contribution < -0.4 is 0 Å². The minimum absolute atomic E-state index is 0.0858. The Hall–Kier alpha value is -2.27. The van der Waals surface area contributed by atoms with Gasteiger partial charge < -0.3 is 10.2 Å². The summed E-state index contributed by atoms with van der Waals surface area (Å²) in [5, 5.41) is 27.3. The van der Waals surface area contributed by atoms with Crippen LogP contribution in [0.25, 0.3) is 0 Å². The second kappa shape index (κ2) is 5.58.